The Kier molecular flexibility index (Phi) is 8.95. The minimum Gasteiger partial charge on any atom is -0.489 e. The van der Waals surface area contributed by atoms with E-state index in [0.717, 1.165) is 6.42 Å². The Balaban J connectivity index is 0.00000288. The first-order valence-electron chi connectivity index (χ1n) is 7.07. The molecule has 0 bridgehead atoms. The van der Waals surface area contributed by atoms with Gasteiger partial charge in [-0.15, -0.1) is 0 Å². The number of aromatic nitrogens is 2. The van der Waals surface area contributed by atoms with Crippen molar-refractivity contribution in [1.29, 1.82) is 0 Å². The second kappa shape index (κ2) is 10.2. The molecule has 0 aliphatic rings. The van der Waals surface area contributed by atoms with Crippen LogP contribution in [0, 0.1) is 0 Å². The molecular weight excluding hydrogens is 424 g/mol. The van der Waals surface area contributed by atoms with E-state index in [9.17, 15) is 4.79 Å². The Morgan fingerprint density at radius 2 is 1.92 bits per heavy atom. The summed E-state index contributed by atoms with van der Waals surface area (Å²) in [6.45, 7) is 3.28. The van der Waals surface area contributed by atoms with Crippen molar-refractivity contribution in [1.82, 2.24) is 14.5 Å². The average molecular weight is 440 g/mol. The summed E-state index contributed by atoms with van der Waals surface area (Å²) in [6.07, 6.45) is 5.48. The molecule has 1 amide bonds. The van der Waals surface area contributed by atoms with Gasteiger partial charge in [-0.3, -0.25) is 4.57 Å². The van der Waals surface area contributed by atoms with Crippen molar-refractivity contribution < 1.29 is 26.6 Å². The number of hydrogen-bond acceptors (Lipinski definition) is 3. The van der Waals surface area contributed by atoms with Gasteiger partial charge in [0.25, 0.3) is 0 Å². The van der Waals surface area contributed by atoms with Gasteiger partial charge >= 0.3 is 6.03 Å². The van der Waals surface area contributed by atoms with E-state index < -0.39 is 0 Å². The number of amides is 1. The normalized spacial score (nSPS) is 10.2. The van der Waals surface area contributed by atoms with Crippen molar-refractivity contribution in [3.05, 3.63) is 45.9 Å². The van der Waals surface area contributed by atoms with Crippen LogP contribution >= 0.6 is 34.8 Å². The second-order valence-corrected chi connectivity index (χ2v) is 6.04. The van der Waals surface area contributed by atoms with Crippen LogP contribution in [0.4, 0.5) is 4.79 Å². The van der Waals surface area contributed by atoms with Crippen LogP contribution in [-0.4, -0.2) is 40.2 Å². The smallest absolute Gasteiger partial charge is 0.329 e. The molecule has 1 radical (unpaired) electrons. The van der Waals surface area contributed by atoms with E-state index >= 15 is 0 Å². The van der Waals surface area contributed by atoms with E-state index in [1.807, 2.05) is 6.92 Å². The van der Waals surface area contributed by atoms with Crippen LogP contribution in [0.2, 0.25) is 15.1 Å². The zero-order valence-electron chi connectivity index (χ0n) is 12.8. The molecule has 0 fully saturated rings. The van der Waals surface area contributed by atoms with Crippen LogP contribution in [-0.2, 0) is 17.1 Å². The van der Waals surface area contributed by atoms with Crippen molar-refractivity contribution in [2.75, 3.05) is 19.7 Å². The Bertz CT molecular complexity index is 645. The van der Waals surface area contributed by atoms with Gasteiger partial charge in [-0.1, -0.05) is 41.7 Å². The average Bonchev–Trinajstić information content (AvgIpc) is 3.02. The fourth-order valence-corrected chi connectivity index (χ4v) is 2.96. The molecule has 2 rings (SSSR count). The predicted molar refractivity (Wildman–Crippen MR) is 91.9 cm³/mol. The number of rotatable bonds is 6. The molecule has 1 heterocycles. The standard InChI is InChI=1S/C15H16Cl3N3O2.Cu/c1-2-4-20(15(22)21-5-3-19-10-21)6-7-23-14-12(17)8-11(16)9-13(14)18;/h3,5,8-10H,2,4,6-7H2,1H3;. The molecule has 135 valence electrons. The summed E-state index contributed by atoms with van der Waals surface area (Å²) in [7, 11) is 0. The first kappa shape index (κ1) is 21.1. The van der Waals surface area contributed by atoms with E-state index in [2.05, 4.69) is 4.98 Å². The predicted octanol–water partition coefficient (Wildman–Crippen LogP) is 4.60. The van der Waals surface area contributed by atoms with E-state index in [-0.39, 0.29) is 29.7 Å². The molecule has 1 aromatic heterocycles. The third-order valence-corrected chi connectivity index (χ3v) is 3.84. The minimum absolute atomic E-state index is 0. The van der Waals surface area contributed by atoms with E-state index in [1.54, 1.807) is 29.4 Å². The van der Waals surface area contributed by atoms with Crippen LogP contribution in [0.3, 0.4) is 0 Å². The summed E-state index contributed by atoms with van der Waals surface area (Å²) in [6, 6.07) is 2.97. The maximum Gasteiger partial charge on any atom is 0.329 e. The first-order chi connectivity index (χ1) is 11.0. The van der Waals surface area contributed by atoms with Gasteiger partial charge in [0.15, 0.2) is 5.75 Å². The van der Waals surface area contributed by atoms with Crippen LogP contribution in [0.1, 0.15) is 13.3 Å². The van der Waals surface area contributed by atoms with Crippen LogP contribution < -0.4 is 4.74 Å². The maximum atomic E-state index is 12.3. The summed E-state index contributed by atoms with van der Waals surface area (Å²) in [4.78, 5) is 17.9. The van der Waals surface area contributed by atoms with E-state index in [4.69, 9.17) is 39.5 Å². The Morgan fingerprint density at radius 3 is 2.46 bits per heavy atom. The number of benzene rings is 1. The van der Waals surface area contributed by atoms with Gasteiger partial charge in [0, 0.05) is 41.0 Å². The Morgan fingerprint density at radius 1 is 1.25 bits per heavy atom. The summed E-state index contributed by atoms with van der Waals surface area (Å²) < 4.78 is 7.05. The molecule has 0 saturated carbocycles. The van der Waals surface area contributed by atoms with Gasteiger partial charge < -0.3 is 9.64 Å². The molecule has 2 aromatic rings. The molecule has 0 unspecified atom stereocenters. The zero-order valence-corrected chi connectivity index (χ0v) is 16.0. The van der Waals surface area contributed by atoms with Gasteiger partial charge in [0.1, 0.15) is 12.9 Å². The molecule has 0 N–H and O–H groups in total. The van der Waals surface area contributed by atoms with Crippen LogP contribution in [0.25, 0.3) is 0 Å². The summed E-state index contributed by atoms with van der Waals surface area (Å²) in [5.74, 6) is 0.365. The van der Waals surface area contributed by atoms with E-state index in [0.29, 0.717) is 33.9 Å². The van der Waals surface area contributed by atoms with Crippen molar-refractivity contribution in [2.45, 2.75) is 13.3 Å². The molecule has 0 saturated heterocycles. The summed E-state index contributed by atoms with van der Waals surface area (Å²) >= 11 is 18.0. The summed E-state index contributed by atoms with van der Waals surface area (Å²) in [5, 5.41) is 1.12. The minimum atomic E-state index is -0.152. The van der Waals surface area contributed by atoms with Gasteiger partial charge in [0.05, 0.1) is 16.6 Å². The quantitative estimate of drug-likeness (QED) is 0.617. The molecule has 24 heavy (non-hydrogen) atoms. The second-order valence-electron chi connectivity index (χ2n) is 4.79. The molecule has 0 spiro atoms. The number of halogens is 3. The molecule has 1 aromatic carbocycles. The van der Waals surface area contributed by atoms with Gasteiger partial charge in [-0.2, -0.15) is 0 Å². The van der Waals surface area contributed by atoms with Crippen LogP contribution in [0.15, 0.2) is 30.9 Å². The number of hydrogen-bond donors (Lipinski definition) is 0. The number of imidazole rings is 1. The number of carbonyl (C=O) groups is 1. The van der Waals surface area contributed by atoms with Gasteiger partial charge in [-0.05, 0) is 18.6 Å². The maximum absolute atomic E-state index is 12.3. The third kappa shape index (κ3) is 5.57. The fourth-order valence-electron chi connectivity index (χ4n) is 2.03. The van der Waals surface area contributed by atoms with Gasteiger partial charge in [-0.25, -0.2) is 9.78 Å². The summed E-state index contributed by atoms with van der Waals surface area (Å²) in [5.41, 5.74) is 0. The molecular formula is C15H16Cl3CuN3O2. The molecule has 0 aliphatic carbocycles. The van der Waals surface area contributed by atoms with Crippen LogP contribution in [0.5, 0.6) is 5.75 Å². The number of carbonyl (C=O) groups excluding carboxylic acids is 1. The van der Waals surface area contributed by atoms with Crippen molar-refractivity contribution in [3.8, 4) is 5.75 Å². The molecule has 5 nitrogen and oxygen atoms in total. The zero-order chi connectivity index (χ0) is 16.8. The molecule has 0 aliphatic heterocycles. The number of ether oxygens (including phenoxy) is 1. The number of nitrogens with zero attached hydrogens (tertiary/aromatic N) is 3. The molecule has 0 atom stereocenters. The van der Waals surface area contributed by atoms with Crippen molar-refractivity contribution in [3.63, 3.8) is 0 Å². The third-order valence-electron chi connectivity index (χ3n) is 3.06. The Labute approximate surface area is 166 Å². The topological polar surface area (TPSA) is 47.4 Å². The largest absolute Gasteiger partial charge is 0.489 e. The van der Waals surface area contributed by atoms with Crippen molar-refractivity contribution in [2.24, 2.45) is 0 Å². The van der Waals surface area contributed by atoms with Gasteiger partial charge in [0.2, 0.25) is 0 Å². The van der Waals surface area contributed by atoms with E-state index in [1.165, 1.54) is 10.9 Å². The first-order valence-corrected chi connectivity index (χ1v) is 8.21. The fraction of sp³-hybridized carbons (Fsp3) is 0.333. The molecule has 9 heteroatoms. The van der Waals surface area contributed by atoms with Crippen molar-refractivity contribution >= 4 is 40.8 Å². The SMILES string of the molecule is CCCN(CCOc1c(Cl)cc(Cl)cc1Cl)C(=O)n1ccnc1.[Cu]. The monoisotopic (exact) mass is 438 g/mol. The Hall–Kier alpha value is -0.911.